The molecule has 1 atom stereocenters. The Kier molecular flexibility index (Phi) is 2.32. The molecule has 0 radical (unpaired) electrons. The molecular weight excluding hydrogens is 136 g/mol. The Morgan fingerprint density at radius 1 is 1.64 bits per heavy atom. The summed E-state index contributed by atoms with van der Waals surface area (Å²) in [6, 6.07) is 0. The van der Waals surface area contributed by atoms with Crippen molar-refractivity contribution < 1.29 is 0 Å². The van der Waals surface area contributed by atoms with Crippen molar-refractivity contribution in [3.05, 3.63) is 17.5 Å². The number of nitrogens with zero attached hydrogens (tertiary/aromatic N) is 2. The van der Waals surface area contributed by atoms with Crippen LogP contribution in [0.3, 0.4) is 0 Å². The molecule has 0 aromatic carbocycles. The zero-order chi connectivity index (χ0) is 8.43. The van der Waals surface area contributed by atoms with Crippen LogP contribution in [0.1, 0.15) is 37.4 Å². The lowest BCUT2D eigenvalue weighted by atomic mass is 10.00. The summed E-state index contributed by atoms with van der Waals surface area (Å²) in [5, 5.41) is 4.20. The number of hydrogen-bond donors (Lipinski definition) is 0. The summed E-state index contributed by atoms with van der Waals surface area (Å²) in [6.45, 7) is 6.57. The first-order chi connectivity index (χ1) is 5.16. The van der Waals surface area contributed by atoms with E-state index in [1.54, 1.807) is 0 Å². The Morgan fingerprint density at radius 2 is 2.27 bits per heavy atom. The van der Waals surface area contributed by atoms with Gasteiger partial charge in [0.1, 0.15) is 0 Å². The number of aromatic nitrogens is 2. The molecule has 0 aliphatic carbocycles. The fourth-order valence-corrected chi connectivity index (χ4v) is 1.22. The normalized spacial score (nSPS) is 13.5. The van der Waals surface area contributed by atoms with E-state index in [-0.39, 0.29) is 0 Å². The summed E-state index contributed by atoms with van der Waals surface area (Å²) >= 11 is 0. The van der Waals surface area contributed by atoms with Crippen LogP contribution in [0.2, 0.25) is 0 Å². The van der Waals surface area contributed by atoms with Crippen LogP contribution < -0.4 is 0 Å². The van der Waals surface area contributed by atoms with Gasteiger partial charge < -0.3 is 0 Å². The van der Waals surface area contributed by atoms with E-state index >= 15 is 0 Å². The highest BCUT2D eigenvalue weighted by Crippen LogP contribution is 2.20. The molecule has 0 spiro atoms. The summed E-state index contributed by atoms with van der Waals surface area (Å²) in [5.74, 6) is 0.642. The molecule has 1 heterocycles. The van der Waals surface area contributed by atoms with E-state index in [1.807, 2.05) is 17.9 Å². The largest absolute Gasteiger partial charge is 0.273 e. The second-order valence-corrected chi connectivity index (χ2v) is 3.12. The highest BCUT2D eigenvalue weighted by molar-refractivity contribution is 5.19. The molecule has 1 aromatic rings. The zero-order valence-electron chi connectivity index (χ0n) is 7.76. The van der Waals surface area contributed by atoms with Gasteiger partial charge in [0, 0.05) is 12.7 Å². The van der Waals surface area contributed by atoms with E-state index in [1.165, 1.54) is 17.7 Å². The van der Waals surface area contributed by atoms with Crippen molar-refractivity contribution in [3.8, 4) is 0 Å². The molecule has 11 heavy (non-hydrogen) atoms. The van der Waals surface area contributed by atoms with Gasteiger partial charge in [0.2, 0.25) is 0 Å². The molecule has 1 aromatic heterocycles. The minimum absolute atomic E-state index is 0.642. The monoisotopic (exact) mass is 152 g/mol. The molecule has 0 saturated heterocycles. The number of aryl methyl sites for hydroxylation is 1. The predicted molar refractivity (Wildman–Crippen MR) is 46.7 cm³/mol. The van der Waals surface area contributed by atoms with Gasteiger partial charge >= 0.3 is 0 Å². The van der Waals surface area contributed by atoms with Gasteiger partial charge in [-0.15, -0.1) is 0 Å². The third-order valence-corrected chi connectivity index (χ3v) is 2.42. The van der Waals surface area contributed by atoms with Gasteiger partial charge in [0.05, 0.1) is 6.20 Å². The third-order valence-electron chi connectivity index (χ3n) is 2.42. The molecule has 0 aliphatic rings. The Balaban J connectivity index is 2.94. The maximum absolute atomic E-state index is 4.20. The van der Waals surface area contributed by atoms with Gasteiger partial charge in [-0.25, -0.2) is 0 Å². The van der Waals surface area contributed by atoms with E-state index in [4.69, 9.17) is 0 Å². The number of hydrogen-bond acceptors (Lipinski definition) is 1. The Labute approximate surface area is 68.2 Å². The standard InChI is InChI=1S/C9H16N2/c1-5-7(2)9-6-10-11(4)8(9)3/h6-7H,5H2,1-4H3. The molecule has 1 unspecified atom stereocenters. The summed E-state index contributed by atoms with van der Waals surface area (Å²) in [6.07, 6.45) is 3.16. The molecule has 0 bridgehead atoms. The quantitative estimate of drug-likeness (QED) is 0.635. The van der Waals surface area contributed by atoms with Crippen molar-refractivity contribution in [1.29, 1.82) is 0 Å². The Morgan fingerprint density at radius 3 is 2.64 bits per heavy atom. The first-order valence-electron chi connectivity index (χ1n) is 4.15. The highest BCUT2D eigenvalue weighted by Gasteiger charge is 2.08. The maximum atomic E-state index is 4.20. The average Bonchev–Trinajstić information content (AvgIpc) is 2.32. The van der Waals surface area contributed by atoms with Gasteiger partial charge in [-0.05, 0) is 24.8 Å². The van der Waals surface area contributed by atoms with Gasteiger partial charge in [0.25, 0.3) is 0 Å². The average molecular weight is 152 g/mol. The number of rotatable bonds is 2. The molecule has 0 N–H and O–H groups in total. The van der Waals surface area contributed by atoms with Crippen LogP contribution in [-0.2, 0) is 7.05 Å². The molecule has 2 nitrogen and oxygen atoms in total. The van der Waals surface area contributed by atoms with Crippen LogP contribution in [0.4, 0.5) is 0 Å². The lowest BCUT2D eigenvalue weighted by molar-refractivity contribution is 0.708. The van der Waals surface area contributed by atoms with Crippen LogP contribution in [-0.4, -0.2) is 9.78 Å². The first-order valence-corrected chi connectivity index (χ1v) is 4.15. The fraction of sp³-hybridized carbons (Fsp3) is 0.667. The van der Waals surface area contributed by atoms with Crippen LogP contribution in [0.15, 0.2) is 6.20 Å². The molecule has 0 aliphatic heterocycles. The predicted octanol–water partition coefficient (Wildman–Crippen LogP) is 2.24. The second kappa shape index (κ2) is 3.07. The van der Waals surface area contributed by atoms with Crippen molar-refractivity contribution in [3.63, 3.8) is 0 Å². The molecule has 1 rings (SSSR count). The van der Waals surface area contributed by atoms with Gasteiger partial charge in [0.15, 0.2) is 0 Å². The van der Waals surface area contributed by atoms with Crippen LogP contribution in [0.5, 0.6) is 0 Å². The van der Waals surface area contributed by atoms with Crippen LogP contribution >= 0.6 is 0 Å². The fourth-order valence-electron chi connectivity index (χ4n) is 1.22. The molecule has 0 amide bonds. The van der Waals surface area contributed by atoms with Gasteiger partial charge in [-0.3, -0.25) is 4.68 Å². The SMILES string of the molecule is CCC(C)c1cnn(C)c1C. The molecule has 62 valence electrons. The highest BCUT2D eigenvalue weighted by atomic mass is 15.3. The van der Waals surface area contributed by atoms with E-state index < -0.39 is 0 Å². The lowest BCUT2D eigenvalue weighted by Crippen LogP contribution is -1.96. The second-order valence-electron chi connectivity index (χ2n) is 3.12. The van der Waals surface area contributed by atoms with Crippen molar-refractivity contribution in [2.24, 2.45) is 7.05 Å². The van der Waals surface area contributed by atoms with Crippen molar-refractivity contribution in [2.75, 3.05) is 0 Å². The summed E-state index contributed by atoms with van der Waals surface area (Å²) in [5.41, 5.74) is 2.68. The summed E-state index contributed by atoms with van der Waals surface area (Å²) < 4.78 is 1.93. The smallest absolute Gasteiger partial charge is 0.0527 e. The van der Waals surface area contributed by atoms with Crippen LogP contribution in [0.25, 0.3) is 0 Å². The molecular formula is C9H16N2. The van der Waals surface area contributed by atoms with Crippen molar-refractivity contribution >= 4 is 0 Å². The van der Waals surface area contributed by atoms with Crippen molar-refractivity contribution in [1.82, 2.24) is 9.78 Å². The summed E-state index contributed by atoms with van der Waals surface area (Å²) in [4.78, 5) is 0. The summed E-state index contributed by atoms with van der Waals surface area (Å²) in [7, 11) is 1.99. The van der Waals surface area contributed by atoms with Crippen LogP contribution in [0, 0.1) is 6.92 Å². The van der Waals surface area contributed by atoms with Gasteiger partial charge in [-0.1, -0.05) is 13.8 Å². The van der Waals surface area contributed by atoms with E-state index in [2.05, 4.69) is 25.9 Å². The Bertz CT molecular complexity index is 238. The zero-order valence-corrected chi connectivity index (χ0v) is 7.76. The minimum Gasteiger partial charge on any atom is -0.273 e. The Hall–Kier alpha value is -0.790. The molecule has 0 fully saturated rings. The third kappa shape index (κ3) is 1.44. The molecule has 2 heteroatoms. The topological polar surface area (TPSA) is 17.8 Å². The van der Waals surface area contributed by atoms with E-state index in [0.29, 0.717) is 5.92 Å². The lowest BCUT2D eigenvalue weighted by Gasteiger charge is -2.06. The van der Waals surface area contributed by atoms with Crippen molar-refractivity contribution in [2.45, 2.75) is 33.1 Å². The van der Waals surface area contributed by atoms with E-state index in [9.17, 15) is 0 Å². The molecule has 0 saturated carbocycles. The maximum Gasteiger partial charge on any atom is 0.0527 e. The van der Waals surface area contributed by atoms with Gasteiger partial charge in [-0.2, -0.15) is 5.10 Å². The van der Waals surface area contributed by atoms with E-state index in [0.717, 1.165) is 0 Å². The minimum atomic E-state index is 0.642. The first kappa shape index (κ1) is 8.31.